The first-order valence-electron chi connectivity index (χ1n) is 7.44. The van der Waals surface area contributed by atoms with E-state index in [4.69, 9.17) is 0 Å². The van der Waals surface area contributed by atoms with Crippen LogP contribution in [0.25, 0.3) is 10.8 Å². The van der Waals surface area contributed by atoms with Gasteiger partial charge in [0.1, 0.15) is 0 Å². The van der Waals surface area contributed by atoms with Crippen molar-refractivity contribution in [2.45, 2.75) is 12.8 Å². The van der Waals surface area contributed by atoms with Gasteiger partial charge in [-0.05, 0) is 29.0 Å². The Morgan fingerprint density at radius 2 is 1.26 bits per heavy atom. The summed E-state index contributed by atoms with van der Waals surface area (Å²) < 4.78 is 0.932. The van der Waals surface area contributed by atoms with E-state index in [1.807, 2.05) is 54.6 Å². The topological polar surface area (TPSA) is 34.1 Å². The van der Waals surface area contributed by atoms with Gasteiger partial charge in [-0.15, -0.1) is 0 Å². The Morgan fingerprint density at radius 3 is 1.96 bits per heavy atom. The number of hydrogen-bond acceptors (Lipinski definition) is 2. The van der Waals surface area contributed by atoms with Crippen LogP contribution in [0.3, 0.4) is 0 Å². The van der Waals surface area contributed by atoms with Crippen molar-refractivity contribution >= 4 is 38.3 Å². The fraction of sp³-hybridized carbons (Fsp3) is 0.100. The Morgan fingerprint density at radius 1 is 0.696 bits per heavy atom. The van der Waals surface area contributed by atoms with E-state index >= 15 is 0 Å². The molecule has 0 heterocycles. The molecule has 0 aliphatic heterocycles. The smallest absolute Gasteiger partial charge is 0.163 e. The number of rotatable bonds is 5. The molecule has 0 aromatic heterocycles. The van der Waals surface area contributed by atoms with Crippen molar-refractivity contribution in [3.63, 3.8) is 0 Å². The zero-order valence-corrected chi connectivity index (χ0v) is 14.0. The second kappa shape index (κ2) is 6.88. The van der Waals surface area contributed by atoms with E-state index in [0.717, 1.165) is 15.2 Å². The van der Waals surface area contributed by atoms with Crippen molar-refractivity contribution in [2.24, 2.45) is 0 Å². The lowest BCUT2D eigenvalue weighted by Gasteiger charge is -2.04. The zero-order chi connectivity index (χ0) is 16.2. The summed E-state index contributed by atoms with van der Waals surface area (Å²) in [6, 6.07) is 20.8. The molecular weight excluding hydrogens is 352 g/mol. The predicted octanol–water partition coefficient (Wildman–Crippen LogP) is 5.45. The van der Waals surface area contributed by atoms with Crippen molar-refractivity contribution in [1.29, 1.82) is 0 Å². The van der Waals surface area contributed by atoms with Gasteiger partial charge in [0.15, 0.2) is 11.6 Å². The summed E-state index contributed by atoms with van der Waals surface area (Å²) in [5.74, 6) is -0.00662. The van der Waals surface area contributed by atoms with Crippen molar-refractivity contribution in [3.05, 3.63) is 82.3 Å². The minimum atomic E-state index is -0.00774. The minimum Gasteiger partial charge on any atom is -0.294 e. The van der Waals surface area contributed by atoms with E-state index in [-0.39, 0.29) is 24.4 Å². The Balaban J connectivity index is 1.68. The number of ketones is 2. The fourth-order valence-corrected chi connectivity index (χ4v) is 2.78. The first kappa shape index (κ1) is 15.6. The molecule has 3 heteroatoms. The van der Waals surface area contributed by atoms with E-state index < -0.39 is 0 Å². The van der Waals surface area contributed by atoms with Gasteiger partial charge in [0.05, 0.1) is 0 Å². The molecule has 0 saturated carbocycles. The molecule has 0 radical (unpaired) electrons. The van der Waals surface area contributed by atoms with E-state index in [9.17, 15) is 9.59 Å². The first-order valence-corrected chi connectivity index (χ1v) is 8.23. The minimum absolute atomic E-state index is 0.00112. The van der Waals surface area contributed by atoms with Crippen LogP contribution in [0.2, 0.25) is 0 Å². The van der Waals surface area contributed by atoms with Crippen LogP contribution >= 0.6 is 15.9 Å². The summed E-state index contributed by atoms with van der Waals surface area (Å²) in [6.07, 6.45) is 0.459. The molecule has 0 saturated heterocycles. The molecule has 0 bridgehead atoms. The van der Waals surface area contributed by atoms with E-state index in [1.54, 1.807) is 12.1 Å². The standard InChI is InChI=1S/C20H15BrO2/c21-18-9-7-15(8-10-18)19(22)11-12-20(23)17-6-5-14-3-1-2-4-16(14)13-17/h1-10,13H,11-12H2. The number of Topliss-reactive ketones (excluding diaryl/α,β-unsaturated/α-hetero) is 2. The van der Waals surface area contributed by atoms with Gasteiger partial charge in [0, 0.05) is 28.4 Å². The molecule has 0 unspecified atom stereocenters. The summed E-state index contributed by atoms with van der Waals surface area (Å²) in [6.45, 7) is 0. The predicted molar refractivity (Wildman–Crippen MR) is 96.0 cm³/mol. The van der Waals surface area contributed by atoms with Gasteiger partial charge in [-0.3, -0.25) is 9.59 Å². The molecule has 0 spiro atoms. The van der Waals surface area contributed by atoms with Gasteiger partial charge in [0.25, 0.3) is 0 Å². The van der Waals surface area contributed by atoms with Crippen molar-refractivity contribution < 1.29 is 9.59 Å². The number of fused-ring (bicyclic) bond motifs is 1. The molecule has 2 nitrogen and oxygen atoms in total. The number of carbonyl (C=O) groups is 2. The van der Waals surface area contributed by atoms with Crippen LogP contribution in [-0.4, -0.2) is 11.6 Å². The average molecular weight is 367 g/mol. The SMILES string of the molecule is O=C(CCC(=O)c1ccc2ccccc2c1)c1ccc(Br)cc1. The summed E-state index contributed by atoms with van der Waals surface area (Å²) >= 11 is 3.34. The van der Waals surface area contributed by atoms with Crippen molar-refractivity contribution in [3.8, 4) is 0 Å². The maximum atomic E-state index is 12.3. The molecule has 0 fully saturated rings. The van der Waals surface area contributed by atoms with Crippen LogP contribution in [0.15, 0.2) is 71.2 Å². The monoisotopic (exact) mass is 366 g/mol. The van der Waals surface area contributed by atoms with Crippen molar-refractivity contribution in [2.75, 3.05) is 0 Å². The van der Waals surface area contributed by atoms with Gasteiger partial charge in [-0.1, -0.05) is 64.5 Å². The van der Waals surface area contributed by atoms with E-state index in [1.165, 1.54) is 0 Å². The third kappa shape index (κ3) is 3.74. The maximum absolute atomic E-state index is 12.3. The molecular formula is C20H15BrO2. The quantitative estimate of drug-likeness (QED) is 0.562. The Bertz CT molecular complexity index is 866. The van der Waals surface area contributed by atoms with Gasteiger partial charge >= 0.3 is 0 Å². The average Bonchev–Trinajstić information content (AvgIpc) is 2.59. The molecule has 3 aromatic rings. The highest BCUT2D eigenvalue weighted by molar-refractivity contribution is 9.10. The molecule has 3 rings (SSSR count). The van der Waals surface area contributed by atoms with Crippen LogP contribution in [0.1, 0.15) is 33.6 Å². The van der Waals surface area contributed by atoms with Crippen LogP contribution in [0.5, 0.6) is 0 Å². The summed E-state index contributed by atoms with van der Waals surface area (Å²) in [5.41, 5.74) is 1.30. The molecule has 23 heavy (non-hydrogen) atoms. The largest absolute Gasteiger partial charge is 0.294 e. The second-order valence-corrected chi connectivity index (χ2v) is 6.33. The Hall–Kier alpha value is -2.26. The van der Waals surface area contributed by atoms with Crippen LogP contribution in [0.4, 0.5) is 0 Å². The summed E-state index contributed by atoms with van der Waals surface area (Å²) in [5, 5.41) is 2.15. The highest BCUT2D eigenvalue weighted by atomic mass is 79.9. The lowest BCUT2D eigenvalue weighted by molar-refractivity contribution is 0.0917. The van der Waals surface area contributed by atoms with Crippen LogP contribution < -0.4 is 0 Å². The molecule has 0 amide bonds. The van der Waals surface area contributed by atoms with Gasteiger partial charge in [-0.2, -0.15) is 0 Å². The molecule has 0 aliphatic carbocycles. The number of hydrogen-bond donors (Lipinski definition) is 0. The molecule has 0 aliphatic rings. The zero-order valence-electron chi connectivity index (χ0n) is 12.5. The highest BCUT2D eigenvalue weighted by Gasteiger charge is 2.11. The molecule has 114 valence electrons. The molecule has 0 atom stereocenters. The maximum Gasteiger partial charge on any atom is 0.163 e. The third-order valence-corrected chi connectivity index (χ3v) is 4.35. The normalized spacial score (nSPS) is 10.7. The van der Waals surface area contributed by atoms with E-state index in [2.05, 4.69) is 15.9 Å². The molecule has 3 aromatic carbocycles. The lowest BCUT2D eigenvalue weighted by atomic mass is 9.99. The Labute approximate surface area is 143 Å². The second-order valence-electron chi connectivity index (χ2n) is 5.42. The van der Waals surface area contributed by atoms with Crippen molar-refractivity contribution in [1.82, 2.24) is 0 Å². The first-order chi connectivity index (χ1) is 11.1. The highest BCUT2D eigenvalue weighted by Crippen LogP contribution is 2.18. The van der Waals surface area contributed by atoms with Gasteiger partial charge in [0.2, 0.25) is 0 Å². The lowest BCUT2D eigenvalue weighted by Crippen LogP contribution is -2.05. The van der Waals surface area contributed by atoms with Gasteiger partial charge < -0.3 is 0 Å². The number of benzene rings is 3. The number of halogens is 1. The molecule has 0 N–H and O–H groups in total. The van der Waals surface area contributed by atoms with E-state index in [0.29, 0.717) is 11.1 Å². The number of carbonyl (C=O) groups excluding carboxylic acids is 2. The summed E-state index contributed by atoms with van der Waals surface area (Å²) in [4.78, 5) is 24.5. The third-order valence-electron chi connectivity index (χ3n) is 3.82. The van der Waals surface area contributed by atoms with Crippen LogP contribution in [-0.2, 0) is 0 Å². The van der Waals surface area contributed by atoms with Gasteiger partial charge in [-0.25, -0.2) is 0 Å². The Kier molecular flexibility index (Phi) is 4.68. The fourth-order valence-electron chi connectivity index (χ4n) is 2.51. The summed E-state index contributed by atoms with van der Waals surface area (Å²) in [7, 11) is 0. The van der Waals surface area contributed by atoms with Crippen LogP contribution in [0, 0.1) is 0 Å².